The predicted octanol–water partition coefficient (Wildman–Crippen LogP) is 3.83. The summed E-state index contributed by atoms with van der Waals surface area (Å²) in [6.45, 7) is 0. The Bertz CT molecular complexity index is 1260. The van der Waals surface area contributed by atoms with Crippen LogP contribution in [0, 0.1) is 10.1 Å². The molecule has 0 spiro atoms. The topological polar surface area (TPSA) is 116 Å². The second-order valence-electron chi connectivity index (χ2n) is 6.60. The smallest absolute Gasteiger partial charge is 0.496 e. The lowest BCUT2D eigenvalue weighted by Gasteiger charge is -2.22. The molecule has 0 saturated carbocycles. The number of aromatic nitrogens is 2. The molecule has 1 unspecified atom stereocenters. The first-order chi connectivity index (χ1) is 15.0. The van der Waals surface area contributed by atoms with Crippen molar-refractivity contribution in [3.05, 3.63) is 76.4 Å². The fourth-order valence-corrected chi connectivity index (χ4v) is 3.86. The molecular weight excluding hydrogens is 453 g/mol. The molecule has 0 amide bonds. The Labute approximate surface area is 180 Å². The SMILES string of the molecule is COc1ccccc1C(Nc1ccc(S(=O)(=O)C(F)(F)F)cc1[N+](=O)[O-])c1nccn1C. The number of alkyl halides is 3. The Kier molecular flexibility index (Phi) is 6.12. The number of sulfone groups is 1. The minimum Gasteiger partial charge on any atom is -0.496 e. The minimum absolute atomic E-state index is 0.199. The van der Waals surface area contributed by atoms with Gasteiger partial charge in [0.25, 0.3) is 15.5 Å². The second kappa shape index (κ2) is 8.49. The molecule has 9 nitrogen and oxygen atoms in total. The van der Waals surface area contributed by atoms with Crippen molar-refractivity contribution in [1.82, 2.24) is 9.55 Å². The molecule has 2 aromatic carbocycles. The molecule has 0 aliphatic carbocycles. The van der Waals surface area contributed by atoms with E-state index in [9.17, 15) is 31.7 Å². The molecule has 170 valence electrons. The van der Waals surface area contributed by atoms with Crippen LogP contribution in [0.1, 0.15) is 17.4 Å². The summed E-state index contributed by atoms with van der Waals surface area (Å²) in [5.74, 6) is 0.864. The number of anilines is 1. The number of nitro benzene ring substituents is 1. The van der Waals surface area contributed by atoms with Crippen molar-refractivity contribution in [1.29, 1.82) is 0 Å². The lowest BCUT2D eigenvalue weighted by molar-refractivity contribution is -0.384. The van der Waals surface area contributed by atoms with Crippen LogP contribution in [-0.2, 0) is 16.9 Å². The lowest BCUT2D eigenvalue weighted by Crippen LogP contribution is -2.23. The van der Waals surface area contributed by atoms with Crippen LogP contribution in [0.5, 0.6) is 5.75 Å². The summed E-state index contributed by atoms with van der Waals surface area (Å²) >= 11 is 0. The average Bonchev–Trinajstić information content (AvgIpc) is 3.16. The van der Waals surface area contributed by atoms with E-state index in [0.717, 1.165) is 6.07 Å². The van der Waals surface area contributed by atoms with Crippen molar-refractivity contribution in [3.63, 3.8) is 0 Å². The van der Waals surface area contributed by atoms with Gasteiger partial charge in [-0.25, -0.2) is 13.4 Å². The molecule has 0 saturated heterocycles. The van der Waals surface area contributed by atoms with E-state index in [1.165, 1.54) is 13.3 Å². The van der Waals surface area contributed by atoms with E-state index in [4.69, 9.17) is 4.74 Å². The van der Waals surface area contributed by atoms with Crippen molar-refractivity contribution in [3.8, 4) is 5.75 Å². The summed E-state index contributed by atoms with van der Waals surface area (Å²) in [5, 5.41) is 14.5. The van der Waals surface area contributed by atoms with Gasteiger partial charge in [-0.05, 0) is 18.2 Å². The zero-order chi connectivity index (χ0) is 23.7. The van der Waals surface area contributed by atoms with Crippen LogP contribution in [0.3, 0.4) is 0 Å². The molecule has 3 rings (SSSR count). The van der Waals surface area contributed by atoms with E-state index in [1.54, 1.807) is 42.1 Å². The molecule has 0 fully saturated rings. The van der Waals surface area contributed by atoms with Crippen molar-refractivity contribution >= 4 is 21.2 Å². The number of halogens is 3. The minimum atomic E-state index is -5.76. The number of nitrogens with zero attached hydrogens (tertiary/aromatic N) is 3. The van der Waals surface area contributed by atoms with Crippen molar-refractivity contribution in [2.75, 3.05) is 12.4 Å². The van der Waals surface area contributed by atoms with Gasteiger partial charge in [-0.15, -0.1) is 0 Å². The Hall–Kier alpha value is -3.61. The Morgan fingerprint density at radius 2 is 1.91 bits per heavy atom. The first-order valence-electron chi connectivity index (χ1n) is 8.94. The molecule has 0 bridgehead atoms. The van der Waals surface area contributed by atoms with E-state index < -0.39 is 36.9 Å². The molecule has 1 aromatic heterocycles. The standard InChI is InChI=1S/C19H17F3N4O5S/c1-25-10-9-23-18(25)17(13-5-3-4-6-16(13)31-2)24-14-8-7-12(11-15(14)26(27)28)32(29,30)19(20,21)22/h3-11,17,24H,1-2H3. The van der Waals surface area contributed by atoms with Gasteiger partial charge in [-0.3, -0.25) is 10.1 Å². The summed E-state index contributed by atoms with van der Waals surface area (Å²) in [7, 11) is -2.63. The molecule has 1 heterocycles. The Morgan fingerprint density at radius 1 is 1.22 bits per heavy atom. The number of nitrogens with one attached hydrogen (secondary N) is 1. The number of rotatable bonds is 7. The van der Waals surface area contributed by atoms with Gasteiger partial charge in [0.1, 0.15) is 23.3 Å². The number of hydrogen-bond acceptors (Lipinski definition) is 7. The summed E-state index contributed by atoms with van der Waals surface area (Å²) in [4.78, 5) is 13.7. The fourth-order valence-electron chi connectivity index (χ4n) is 3.08. The molecule has 3 aromatic rings. The van der Waals surface area contributed by atoms with Crippen LogP contribution in [0.25, 0.3) is 0 Å². The van der Waals surface area contributed by atoms with Gasteiger partial charge in [0.2, 0.25) is 0 Å². The number of imidazole rings is 1. The van der Waals surface area contributed by atoms with Crippen molar-refractivity contribution in [2.45, 2.75) is 16.4 Å². The number of hydrogen-bond donors (Lipinski definition) is 1. The number of ether oxygens (including phenoxy) is 1. The molecule has 13 heteroatoms. The van der Waals surface area contributed by atoms with Gasteiger partial charge in [-0.1, -0.05) is 18.2 Å². The van der Waals surface area contributed by atoms with Gasteiger partial charge in [-0.2, -0.15) is 13.2 Å². The highest BCUT2D eigenvalue weighted by molar-refractivity contribution is 7.92. The largest absolute Gasteiger partial charge is 0.501 e. The van der Waals surface area contributed by atoms with Crippen LogP contribution in [0.2, 0.25) is 0 Å². The maximum atomic E-state index is 12.9. The first-order valence-corrected chi connectivity index (χ1v) is 10.4. The molecule has 0 radical (unpaired) electrons. The van der Waals surface area contributed by atoms with Gasteiger partial charge < -0.3 is 14.6 Å². The van der Waals surface area contributed by atoms with Crippen molar-refractivity contribution < 1.29 is 31.2 Å². The molecule has 1 N–H and O–H groups in total. The summed E-state index contributed by atoms with van der Waals surface area (Å²) in [6, 6.07) is 7.94. The molecular formula is C19H17F3N4O5S. The van der Waals surface area contributed by atoms with Crippen LogP contribution < -0.4 is 10.1 Å². The third-order valence-electron chi connectivity index (χ3n) is 4.65. The van der Waals surface area contributed by atoms with Crippen LogP contribution in [0.4, 0.5) is 24.5 Å². The second-order valence-corrected chi connectivity index (χ2v) is 8.54. The van der Waals surface area contributed by atoms with Gasteiger partial charge in [0.15, 0.2) is 0 Å². The van der Waals surface area contributed by atoms with E-state index in [1.807, 2.05) is 0 Å². The highest BCUT2D eigenvalue weighted by Crippen LogP contribution is 2.38. The van der Waals surface area contributed by atoms with Crippen molar-refractivity contribution in [2.24, 2.45) is 7.05 Å². The summed E-state index contributed by atoms with van der Waals surface area (Å²) in [5.41, 5.74) is -6.09. The van der Waals surface area contributed by atoms with Gasteiger partial charge >= 0.3 is 5.51 Å². The quantitative estimate of drug-likeness (QED) is 0.412. The third kappa shape index (κ3) is 4.23. The highest BCUT2D eigenvalue weighted by Gasteiger charge is 2.47. The Balaban J connectivity index is 2.15. The van der Waals surface area contributed by atoms with Gasteiger partial charge in [0.05, 0.1) is 16.9 Å². The average molecular weight is 470 g/mol. The first kappa shape index (κ1) is 23.1. The number of benzene rings is 2. The van der Waals surface area contributed by atoms with E-state index in [2.05, 4.69) is 10.3 Å². The highest BCUT2D eigenvalue weighted by atomic mass is 32.2. The van der Waals surface area contributed by atoms with Crippen LogP contribution >= 0.6 is 0 Å². The molecule has 0 aliphatic rings. The number of para-hydroxylation sites is 1. The zero-order valence-electron chi connectivity index (χ0n) is 16.7. The number of methoxy groups -OCH3 is 1. The molecule has 0 aliphatic heterocycles. The molecule has 1 atom stereocenters. The van der Waals surface area contributed by atoms with E-state index >= 15 is 0 Å². The monoisotopic (exact) mass is 470 g/mol. The maximum absolute atomic E-state index is 12.9. The van der Waals surface area contributed by atoms with E-state index in [0.29, 0.717) is 29.3 Å². The molecule has 32 heavy (non-hydrogen) atoms. The third-order valence-corrected chi connectivity index (χ3v) is 6.13. The Morgan fingerprint density at radius 3 is 2.47 bits per heavy atom. The normalized spacial score (nSPS) is 12.9. The van der Waals surface area contributed by atoms with E-state index in [-0.39, 0.29) is 5.69 Å². The number of nitro groups is 1. The maximum Gasteiger partial charge on any atom is 0.501 e. The number of aryl methyl sites for hydroxylation is 1. The zero-order valence-corrected chi connectivity index (χ0v) is 17.5. The fraction of sp³-hybridized carbons (Fsp3) is 0.211. The van der Waals surface area contributed by atoms with Crippen LogP contribution in [-0.4, -0.2) is 35.5 Å². The lowest BCUT2D eigenvalue weighted by atomic mass is 10.0. The van der Waals surface area contributed by atoms with Crippen LogP contribution in [0.15, 0.2) is 59.8 Å². The van der Waals surface area contributed by atoms with Gasteiger partial charge in [0, 0.05) is 31.1 Å². The summed E-state index contributed by atoms with van der Waals surface area (Å²) < 4.78 is 69.1. The summed E-state index contributed by atoms with van der Waals surface area (Å²) in [6.07, 6.45) is 3.15. The predicted molar refractivity (Wildman–Crippen MR) is 108 cm³/mol.